The van der Waals surface area contributed by atoms with Crippen LogP contribution < -0.4 is 22.2 Å². The number of hydrogen-bond donors (Lipinski definition) is 0. The van der Waals surface area contributed by atoms with Crippen LogP contribution in [0.25, 0.3) is 0 Å². The molecule has 0 N–H and O–H groups in total. The van der Waals surface area contributed by atoms with Gasteiger partial charge in [-0.25, -0.2) is 0 Å². The second-order valence-electron chi connectivity index (χ2n) is 9.42. The molecule has 0 atom stereocenters. The Morgan fingerprint density at radius 3 is 1.03 bits per heavy atom. The molecule has 0 amide bonds. The maximum atomic E-state index is 2.33. The van der Waals surface area contributed by atoms with Gasteiger partial charge in [0.15, 0.2) is 0 Å². The van der Waals surface area contributed by atoms with Crippen LogP contribution in [-0.2, 0) is 17.1 Å². The summed E-state index contributed by atoms with van der Waals surface area (Å²) in [5.41, 5.74) is 8.29. The molecule has 0 fully saturated rings. The Hall–Kier alpha value is -1.41. The molecule has 1 aliphatic rings. The van der Waals surface area contributed by atoms with Gasteiger partial charge in [-0.15, -0.1) is 6.67 Å². The van der Waals surface area contributed by atoms with Crippen molar-refractivity contribution in [1.82, 2.24) is 0 Å². The summed E-state index contributed by atoms with van der Waals surface area (Å²) < 4.78 is 0. The maximum absolute atomic E-state index is 2.33. The molecular weight excluding hydrogens is 451 g/mol. The molecule has 0 aromatic heterocycles. The first-order chi connectivity index (χ1) is 13.7. The molecule has 0 saturated heterocycles. The molecule has 0 aliphatic carbocycles. The van der Waals surface area contributed by atoms with Crippen LogP contribution >= 0.6 is 0 Å². The Bertz CT molecular complexity index is 763. The van der Waals surface area contributed by atoms with Gasteiger partial charge in [-0.1, -0.05) is 91.8 Å². The molecule has 2 nitrogen and oxygen atoms in total. The molecule has 1 aliphatic heterocycles. The van der Waals surface area contributed by atoms with E-state index < -0.39 is 0 Å². The van der Waals surface area contributed by atoms with Gasteiger partial charge in [0.2, 0.25) is 0 Å². The number of para-hydroxylation sites is 2. The number of halogens is 1. The Morgan fingerprint density at radius 1 is 0.548 bits per heavy atom. The van der Waals surface area contributed by atoms with Gasteiger partial charge in [0.1, 0.15) is 0 Å². The molecule has 1 radical (unpaired) electrons. The predicted molar refractivity (Wildman–Crippen MR) is 128 cm³/mol. The van der Waals surface area contributed by atoms with E-state index in [2.05, 4.69) is 121 Å². The fourth-order valence-electron chi connectivity index (χ4n) is 4.24. The average Bonchev–Trinajstić information content (AvgIpc) is 3.15. The predicted octanol–water partition coefficient (Wildman–Crippen LogP) is 5.10. The summed E-state index contributed by atoms with van der Waals surface area (Å²) >= 11 is 0. The minimum absolute atomic E-state index is 0. The largest absolute Gasteiger partial charge is 2.00 e. The fourth-order valence-corrected chi connectivity index (χ4v) is 4.24. The van der Waals surface area contributed by atoms with Crippen molar-refractivity contribution in [2.45, 2.75) is 79.1 Å². The van der Waals surface area contributed by atoms with Crippen molar-refractivity contribution in [1.29, 1.82) is 0 Å². The van der Waals surface area contributed by atoms with Gasteiger partial charge in [0, 0.05) is 11.4 Å². The molecule has 2 aromatic rings. The molecular formula is C27H37ClCuN2. The molecule has 0 spiro atoms. The molecule has 4 heteroatoms. The number of anilines is 2. The second kappa shape index (κ2) is 11.5. The van der Waals surface area contributed by atoms with Crippen molar-refractivity contribution < 1.29 is 29.5 Å². The first-order valence-corrected chi connectivity index (χ1v) is 11.1. The summed E-state index contributed by atoms with van der Waals surface area (Å²) in [4.78, 5) is 4.65. The molecule has 3 rings (SSSR count). The van der Waals surface area contributed by atoms with Crippen molar-refractivity contribution in [3.8, 4) is 0 Å². The SMILES string of the molecule is CC(C)c1cccc(C(C)C)c1N1C=CN(c2c(C(C)C)cccc2C(C)C)[CH-]1.[Cl-].[Cu+2]. The molecule has 0 saturated carbocycles. The van der Waals surface area contributed by atoms with Crippen LogP contribution in [0.1, 0.15) is 101 Å². The van der Waals surface area contributed by atoms with E-state index in [9.17, 15) is 0 Å². The Kier molecular flexibility index (Phi) is 10.2. The number of rotatable bonds is 6. The van der Waals surface area contributed by atoms with E-state index >= 15 is 0 Å². The standard InChI is InChI=1S/C27H37N2.ClH.Cu/c1-18(2)22-11-9-12-23(19(3)4)26(22)28-15-16-29(17-28)27-24(20(5)6)13-10-14-25(27)21(7)8;;/h9-21H,1-8H3;1H;/q-1;;+2/p-1. The van der Waals surface area contributed by atoms with Crippen molar-refractivity contribution in [2.75, 3.05) is 9.80 Å². The van der Waals surface area contributed by atoms with Crippen molar-refractivity contribution in [3.63, 3.8) is 0 Å². The second-order valence-corrected chi connectivity index (χ2v) is 9.42. The zero-order valence-corrected chi connectivity index (χ0v) is 21.8. The van der Waals surface area contributed by atoms with Gasteiger partial charge in [0.05, 0.1) is 0 Å². The number of hydrogen-bond acceptors (Lipinski definition) is 2. The Morgan fingerprint density at radius 2 is 0.806 bits per heavy atom. The van der Waals surface area contributed by atoms with E-state index in [1.807, 2.05) is 0 Å². The minimum Gasteiger partial charge on any atom is -1.00 e. The van der Waals surface area contributed by atoms with E-state index in [4.69, 9.17) is 0 Å². The van der Waals surface area contributed by atoms with Crippen LogP contribution in [0, 0.1) is 6.67 Å². The van der Waals surface area contributed by atoms with Gasteiger partial charge >= 0.3 is 17.1 Å². The van der Waals surface area contributed by atoms with Gasteiger partial charge < -0.3 is 22.2 Å². The molecule has 0 unspecified atom stereocenters. The molecule has 173 valence electrons. The van der Waals surface area contributed by atoms with Crippen molar-refractivity contribution >= 4 is 11.4 Å². The number of nitrogens with zero attached hydrogens (tertiary/aromatic N) is 2. The van der Waals surface area contributed by atoms with E-state index in [0.29, 0.717) is 23.7 Å². The minimum atomic E-state index is 0. The summed E-state index contributed by atoms with van der Waals surface area (Å²) in [6, 6.07) is 13.5. The van der Waals surface area contributed by atoms with Gasteiger partial charge in [-0.05, 0) is 58.3 Å². The summed E-state index contributed by atoms with van der Waals surface area (Å²) in [5, 5.41) is 0. The van der Waals surface area contributed by atoms with Crippen LogP contribution in [0.15, 0.2) is 48.8 Å². The summed E-state index contributed by atoms with van der Waals surface area (Å²) in [7, 11) is 0. The van der Waals surface area contributed by atoms with Crippen LogP contribution in [-0.4, -0.2) is 0 Å². The summed E-state index contributed by atoms with van der Waals surface area (Å²) in [6.45, 7) is 20.5. The quantitative estimate of drug-likeness (QED) is 0.413. The smallest absolute Gasteiger partial charge is 1.00 e. The fraction of sp³-hybridized carbons (Fsp3) is 0.444. The third kappa shape index (κ3) is 5.69. The zero-order chi connectivity index (χ0) is 21.3. The molecule has 31 heavy (non-hydrogen) atoms. The maximum Gasteiger partial charge on any atom is 2.00 e. The van der Waals surface area contributed by atoms with Crippen molar-refractivity contribution in [3.05, 3.63) is 77.7 Å². The normalized spacial score (nSPS) is 13.4. The summed E-state index contributed by atoms with van der Waals surface area (Å²) in [6.07, 6.45) is 4.43. The molecule has 1 heterocycles. The molecule has 0 bridgehead atoms. The van der Waals surface area contributed by atoms with E-state index in [0.717, 1.165) is 0 Å². The van der Waals surface area contributed by atoms with E-state index in [1.165, 1.54) is 33.6 Å². The van der Waals surface area contributed by atoms with Crippen LogP contribution in [0.5, 0.6) is 0 Å². The topological polar surface area (TPSA) is 6.48 Å². The zero-order valence-electron chi connectivity index (χ0n) is 20.1. The Balaban J connectivity index is 0.00000240. The third-order valence-electron chi connectivity index (χ3n) is 5.84. The van der Waals surface area contributed by atoms with Gasteiger partial charge in [0.25, 0.3) is 0 Å². The first kappa shape index (κ1) is 27.6. The van der Waals surface area contributed by atoms with Gasteiger partial charge in [-0.3, -0.25) is 0 Å². The van der Waals surface area contributed by atoms with Crippen LogP contribution in [0.4, 0.5) is 11.4 Å². The number of benzene rings is 2. The van der Waals surface area contributed by atoms with Crippen LogP contribution in [0.2, 0.25) is 0 Å². The third-order valence-corrected chi connectivity index (χ3v) is 5.84. The molecule has 2 aromatic carbocycles. The Labute approximate surface area is 207 Å². The first-order valence-electron chi connectivity index (χ1n) is 11.1. The van der Waals surface area contributed by atoms with Crippen LogP contribution in [0.3, 0.4) is 0 Å². The monoisotopic (exact) mass is 487 g/mol. The summed E-state index contributed by atoms with van der Waals surface area (Å²) in [5.74, 6) is 1.92. The average molecular weight is 489 g/mol. The van der Waals surface area contributed by atoms with Gasteiger partial charge in [-0.2, -0.15) is 0 Å². The van der Waals surface area contributed by atoms with Crippen molar-refractivity contribution in [2.24, 2.45) is 0 Å². The van der Waals surface area contributed by atoms with E-state index in [1.54, 1.807) is 0 Å². The van der Waals surface area contributed by atoms with E-state index in [-0.39, 0.29) is 29.5 Å².